The third-order valence-electron chi connectivity index (χ3n) is 4.46. The van der Waals surface area contributed by atoms with Crippen molar-refractivity contribution in [3.8, 4) is 0 Å². The average Bonchev–Trinajstić information content (AvgIpc) is 2.89. The first-order chi connectivity index (χ1) is 11.4. The number of urea groups is 1. The zero-order chi connectivity index (χ0) is 17.4. The lowest BCUT2D eigenvalue weighted by Gasteiger charge is -2.29. The number of carbonyl (C=O) groups is 1. The van der Waals surface area contributed by atoms with E-state index in [9.17, 15) is 9.59 Å². The summed E-state index contributed by atoms with van der Waals surface area (Å²) in [6.45, 7) is 7.06. The first-order valence-electron chi connectivity index (χ1n) is 8.02. The molecule has 1 aliphatic heterocycles. The second-order valence-corrected chi connectivity index (χ2v) is 7.76. The van der Waals surface area contributed by atoms with E-state index in [0.29, 0.717) is 25.2 Å². The fraction of sp³-hybridized carbons (Fsp3) is 0.471. The van der Waals surface area contributed by atoms with E-state index in [1.165, 1.54) is 20.6 Å². The van der Waals surface area contributed by atoms with Crippen LogP contribution < -0.4 is 10.9 Å². The van der Waals surface area contributed by atoms with Crippen molar-refractivity contribution in [1.29, 1.82) is 0 Å². The molecule has 0 aliphatic carbocycles. The van der Waals surface area contributed by atoms with Crippen molar-refractivity contribution in [1.82, 2.24) is 19.8 Å². The van der Waals surface area contributed by atoms with Gasteiger partial charge in [-0.05, 0) is 38.8 Å². The van der Waals surface area contributed by atoms with E-state index in [1.807, 2.05) is 6.92 Å². The molecule has 128 valence electrons. The predicted molar refractivity (Wildman–Crippen MR) is 94.3 cm³/mol. The van der Waals surface area contributed by atoms with Crippen LogP contribution in [0.5, 0.6) is 0 Å². The topological polar surface area (TPSA) is 67.2 Å². The second kappa shape index (κ2) is 6.39. The molecule has 0 unspecified atom stereocenters. The highest BCUT2D eigenvalue weighted by atomic mass is 32.1. The van der Waals surface area contributed by atoms with Crippen LogP contribution in [0.2, 0.25) is 0 Å². The largest absolute Gasteiger partial charge is 0.331 e. The second-order valence-electron chi connectivity index (χ2n) is 6.30. The Morgan fingerprint density at radius 1 is 1.42 bits per heavy atom. The van der Waals surface area contributed by atoms with E-state index in [0.717, 1.165) is 11.1 Å². The smallest absolute Gasteiger partial charge is 0.318 e. The lowest BCUT2D eigenvalue weighted by Crippen LogP contribution is -2.45. The number of carbonyl (C=O) groups excluding carboxylic acids is 1. The molecule has 0 saturated heterocycles. The highest BCUT2D eigenvalue weighted by Gasteiger charge is 2.25. The molecule has 24 heavy (non-hydrogen) atoms. The van der Waals surface area contributed by atoms with Crippen molar-refractivity contribution in [3.63, 3.8) is 0 Å². The normalized spacial score (nSPS) is 15.1. The molecule has 3 heterocycles. The highest BCUT2D eigenvalue weighted by Crippen LogP contribution is 2.26. The average molecular weight is 346 g/mol. The number of nitrogens with one attached hydrogen (secondary N) is 1. The van der Waals surface area contributed by atoms with Crippen LogP contribution >= 0.6 is 11.3 Å². The summed E-state index contributed by atoms with van der Waals surface area (Å²) in [4.78, 5) is 33.2. The lowest BCUT2D eigenvalue weighted by atomic mass is 10.1. The van der Waals surface area contributed by atoms with Gasteiger partial charge < -0.3 is 14.8 Å². The van der Waals surface area contributed by atoms with Crippen LogP contribution in [0.4, 0.5) is 4.79 Å². The van der Waals surface area contributed by atoms with Gasteiger partial charge in [0, 0.05) is 28.9 Å². The van der Waals surface area contributed by atoms with Crippen molar-refractivity contribution in [2.45, 2.75) is 39.8 Å². The third-order valence-corrected chi connectivity index (χ3v) is 5.44. The number of fused-ring (bicyclic) bond motifs is 1. The summed E-state index contributed by atoms with van der Waals surface area (Å²) in [6, 6.07) is 1.97. The molecule has 7 heteroatoms. The van der Waals surface area contributed by atoms with Gasteiger partial charge >= 0.3 is 6.03 Å². The van der Waals surface area contributed by atoms with Crippen LogP contribution in [0.25, 0.3) is 0 Å². The fourth-order valence-corrected chi connectivity index (χ4v) is 4.15. The maximum atomic E-state index is 12.6. The van der Waals surface area contributed by atoms with E-state index >= 15 is 0 Å². The number of hydrogen-bond donors (Lipinski definition) is 1. The van der Waals surface area contributed by atoms with Gasteiger partial charge in [0.2, 0.25) is 0 Å². The Labute approximate surface area is 145 Å². The SMILES string of the molecule is Cc1cc([C@@H](C)NC(=O)N2CCc3c(ncn(C)c3=O)C2)c(C)s1. The minimum absolute atomic E-state index is 0.0159. The number of thiophene rings is 1. The minimum Gasteiger partial charge on any atom is -0.331 e. The first kappa shape index (κ1) is 16.7. The molecule has 1 atom stereocenters. The maximum Gasteiger partial charge on any atom is 0.318 e. The molecule has 0 bridgehead atoms. The predicted octanol–water partition coefficient (Wildman–Crippen LogP) is 2.29. The Hall–Kier alpha value is -2.15. The summed E-state index contributed by atoms with van der Waals surface area (Å²) in [5.41, 5.74) is 2.57. The number of nitrogens with zero attached hydrogens (tertiary/aromatic N) is 3. The molecule has 6 nitrogen and oxygen atoms in total. The van der Waals surface area contributed by atoms with Crippen LogP contribution in [0.3, 0.4) is 0 Å². The van der Waals surface area contributed by atoms with E-state index in [1.54, 1.807) is 23.3 Å². The molecular formula is C17H22N4O2S. The summed E-state index contributed by atoms with van der Waals surface area (Å²) >= 11 is 1.74. The summed E-state index contributed by atoms with van der Waals surface area (Å²) < 4.78 is 1.48. The number of amides is 2. The highest BCUT2D eigenvalue weighted by molar-refractivity contribution is 7.12. The molecule has 0 fully saturated rings. The summed E-state index contributed by atoms with van der Waals surface area (Å²) in [5, 5.41) is 3.06. The van der Waals surface area contributed by atoms with Crippen LogP contribution in [0.1, 0.15) is 39.5 Å². The molecule has 0 saturated carbocycles. The number of aromatic nitrogens is 2. The Morgan fingerprint density at radius 3 is 2.83 bits per heavy atom. The first-order valence-corrected chi connectivity index (χ1v) is 8.84. The van der Waals surface area contributed by atoms with Crippen LogP contribution in [0.15, 0.2) is 17.2 Å². The van der Waals surface area contributed by atoms with Crippen LogP contribution in [0, 0.1) is 13.8 Å². The Bertz CT molecular complexity index is 840. The quantitative estimate of drug-likeness (QED) is 0.907. The molecule has 2 aromatic heterocycles. The third kappa shape index (κ3) is 3.08. The Morgan fingerprint density at radius 2 is 2.17 bits per heavy atom. The standard InChI is InChI=1S/C17H22N4O2S/c1-10-7-14(12(3)24-10)11(2)19-17(23)21-6-5-13-15(8-21)18-9-20(4)16(13)22/h7,9,11H,5-6,8H2,1-4H3,(H,19,23)/t11-/m1/s1. The summed E-state index contributed by atoms with van der Waals surface area (Å²) in [7, 11) is 1.70. The van der Waals surface area contributed by atoms with Crippen molar-refractivity contribution in [2.75, 3.05) is 6.54 Å². The van der Waals surface area contributed by atoms with Gasteiger partial charge in [-0.25, -0.2) is 9.78 Å². The van der Waals surface area contributed by atoms with Gasteiger partial charge in [-0.3, -0.25) is 4.79 Å². The van der Waals surface area contributed by atoms with Gasteiger partial charge in [-0.2, -0.15) is 0 Å². The van der Waals surface area contributed by atoms with Gasteiger partial charge in [0.05, 0.1) is 24.6 Å². The van der Waals surface area contributed by atoms with Crippen LogP contribution in [-0.2, 0) is 20.0 Å². The van der Waals surface area contributed by atoms with Gasteiger partial charge in [0.25, 0.3) is 5.56 Å². The molecular weight excluding hydrogens is 324 g/mol. The molecule has 0 radical (unpaired) electrons. The van der Waals surface area contributed by atoms with Gasteiger partial charge in [-0.15, -0.1) is 11.3 Å². The number of rotatable bonds is 2. The van der Waals surface area contributed by atoms with E-state index in [4.69, 9.17) is 0 Å². The summed E-state index contributed by atoms with van der Waals surface area (Å²) in [5.74, 6) is 0. The maximum absolute atomic E-state index is 12.6. The fourth-order valence-electron chi connectivity index (χ4n) is 3.13. The zero-order valence-electron chi connectivity index (χ0n) is 14.4. The zero-order valence-corrected chi connectivity index (χ0v) is 15.2. The van der Waals surface area contributed by atoms with Crippen molar-refractivity contribution in [3.05, 3.63) is 49.3 Å². The van der Waals surface area contributed by atoms with E-state index in [2.05, 4.69) is 30.2 Å². The van der Waals surface area contributed by atoms with Crippen molar-refractivity contribution < 1.29 is 4.79 Å². The van der Waals surface area contributed by atoms with Crippen molar-refractivity contribution >= 4 is 17.4 Å². The number of hydrogen-bond acceptors (Lipinski definition) is 4. The monoisotopic (exact) mass is 346 g/mol. The molecule has 2 aromatic rings. The molecule has 1 N–H and O–H groups in total. The minimum atomic E-state index is -0.112. The van der Waals surface area contributed by atoms with Crippen molar-refractivity contribution in [2.24, 2.45) is 7.05 Å². The van der Waals surface area contributed by atoms with E-state index in [-0.39, 0.29) is 17.6 Å². The Kier molecular flexibility index (Phi) is 4.45. The van der Waals surface area contributed by atoms with Crippen LogP contribution in [-0.4, -0.2) is 27.0 Å². The van der Waals surface area contributed by atoms with Gasteiger partial charge in [-0.1, -0.05) is 0 Å². The molecule has 2 amide bonds. The molecule has 0 aromatic carbocycles. The Balaban J connectivity index is 1.71. The van der Waals surface area contributed by atoms with Gasteiger partial charge in [0.1, 0.15) is 0 Å². The lowest BCUT2D eigenvalue weighted by molar-refractivity contribution is 0.188. The van der Waals surface area contributed by atoms with Gasteiger partial charge in [0.15, 0.2) is 0 Å². The number of aryl methyl sites for hydroxylation is 3. The molecule has 3 rings (SSSR count). The summed E-state index contributed by atoms with van der Waals surface area (Å²) in [6.07, 6.45) is 2.07. The molecule has 0 spiro atoms. The van der Waals surface area contributed by atoms with E-state index < -0.39 is 0 Å². The molecule has 1 aliphatic rings.